The Morgan fingerprint density at radius 1 is 1.00 bits per heavy atom. The van der Waals surface area contributed by atoms with Gasteiger partial charge in [0.25, 0.3) is 0 Å². The SMILES string of the molecule is O=C(NCC1(C(=O)N2CC3CC2C3C(=O)O)CCCC1)OCC1c2ccccc2-c2ccccc21. The number of carbonyl (C=O) groups is 3. The second-order valence-corrected chi connectivity index (χ2v) is 10.6. The minimum atomic E-state index is -0.807. The second-order valence-electron chi connectivity index (χ2n) is 10.6. The first-order valence-corrected chi connectivity index (χ1v) is 12.6. The van der Waals surface area contributed by atoms with Crippen molar-refractivity contribution in [3.63, 3.8) is 0 Å². The van der Waals surface area contributed by atoms with Gasteiger partial charge in [0.05, 0.1) is 11.3 Å². The van der Waals surface area contributed by atoms with Gasteiger partial charge in [0.2, 0.25) is 5.91 Å². The normalized spacial score (nSPS) is 25.5. The second kappa shape index (κ2) is 8.40. The number of carboxylic acid groups (broad SMARTS) is 1. The number of rotatable bonds is 6. The first kappa shape index (κ1) is 22.1. The Labute approximate surface area is 204 Å². The van der Waals surface area contributed by atoms with E-state index in [2.05, 4.69) is 29.6 Å². The number of fused-ring (bicyclic) bond motifs is 4. The summed E-state index contributed by atoms with van der Waals surface area (Å²) in [6, 6.07) is 16.2. The molecule has 0 aromatic heterocycles. The summed E-state index contributed by atoms with van der Waals surface area (Å²) in [5.74, 6) is -1.19. The van der Waals surface area contributed by atoms with Crippen molar-refractivity contribution >= 4 is 18.0 Å². The molecular formula is C28H30N2O5. The predicted octanol–water partition coefficient (Wildman–Crippen LogP) is 4.02. The number of benzene rings is 2. The third-order valence-electron chi connectivity index (χ3n) is 8.77. The molecule has 2 bridgehead atoms. The van der Waals surface area contributed by atoms with Gasteiger partial charge in [-0.15, -0.1) is 0 Å². The monoisotopic (exact) mass is 474 g/mol. The summed E-state index contributed by atoms with van der Waals surface area (Å²) >= 11 is 0. The molecule has 0 spiro atoms. The highest BCUT2D eigenvalue weighted by Crippen LogP contribution is 2.50. The maximum atomic E-state index is 13.6. The molecule has 7 rings (SSSR count). The van der Waals surface area contributed by atoms with Gasteiger partial charge in [-0.1, -0.05) is 61.4 Å². The first-order chi connectivity index (χ1) is 17.0. The fourth-order valence-corrected chi connectivity index (χ4v) is 6.93. The number of amides is 2. The van der Waals surface area contributed by atoms with Gasteiger partial charge in [0, 0.05) is 25.0 Å². The molecule has 2 saturated heterocycles. The molecule has 3 unspecified atom stereocenters. The number of carboxylic acids is 1. The van der Waals surface area contributed by atoms with Crippen molar-refractivity contribution in [2.75, 3.05) is 19.7 Å². The summed E-state index contributed by atoms with van der Waals surface area (Å²) in [6.45, 7) is 0.984. The quantitative estimate of drug-likeness (QED) is 0.659. The average molecular weight is 475 g/mol. The topological polar surface area (TPSA) is 95.9 Å². The number of carbonyl (C=O) groups excluding carboxylic acids is 2. The highest BCUT2D eigenvalue weighted by Gasteiger charge is 2.59. The summed E-state index contributed by atoms with van der Waals surface area (Å²) in [4.78, 5) is 39.7. The van der Waals surface area contributed by atoms with E-state index in [9.17, 15) is 19.5 Å². The molecular weight excluding hydrogens is 444 g/mol. The zero-order valence-corrected chi connectivity index (χ0v) is 19.6. The van der Waals surface area contributed by atoms with Gasteiger partial charge >= 0.3 is 12.1 Å². The van der Waals surface area contributed by atoms with Crippen LogP contribution in [0.25, 0.3) is 11.1 Å². The number of nitrogens with one attached hydrogen (secondary N) is 1. The molecule has 3 aliphatic carbocycles. The zero-order chi connectivity index (χ0) is 24.2. The molecule has 182 valence electrons. The summed E-state index contributed by atoms with van der Waals surface area (Å²) in [6.07, 6.45) is 3.55. The van der Waals surface area contributed by atoms with Crippen LogP contribution >= 0.6 is 0 Å². The lowest BCUT2D eigenvalue weighted by Gasteiger charge is -2.37. The van der Waals surface area contributed by atoms with Crippen molar-refractivity contribution in [2.24, 2.45) is 17.3 Å². The van der Waals surface area contributed by atoms with Crippen LogP contribution in [0.4, 0.5) is 4.79 Å². The van der Waals surface area contributed by atoms with Crippen LogP contribution in [0.15, 0.2) is 48.5 Å². The fraction of sp³-hybridized carbons (Fsp3) is 0.464. The standard InChI is InChI=1S/C28H30N2O5/c31-25(32)24-17-13-23(24)30(14-17)26(33)28(11-5-6-12-28)16-29-27(34)35-15-22-20-9-3-1-7-18(20)19-8-2-4-10-21(19)22/h1-4,7-10,17,22-24H,5-6,11-16H2,(H,29,34)(H,31,32). The van der Waals surface area contributed by atoms with Crippen LogP contribution in [0.2, 0.25) is 0 Å². The van der Waals surface area contributed by atoms with Crippen LogP contribution in [-0.4, -0.2) is 53.7 Å². The van der Waals surface area contributed by atoms with Gasteiger partial charge in [0.15, 0.2) is 0 Å². The number of aliphatic carboxylic acids is 1. The van der Waals surface area contributed by atoms with Gasteiger partial charge in [-0.25, -0.2) is 4.79 Å². The van der Waals surface area contributed by atoms with Crippen LogP contribution < -0.4 is 5.32 Å². The summed E-state index contributed by atoms with van der Waals surface area (Å²) in [5.41, 5.74) is 4.01. The molecule has 2 saturated carbocycles. The van der Waals surface area contributed by atoms with Gasteiger partial charge < -0.3 is 20.1 Å². The number of ether oxygens (including phenoxy) is 1. The molecule has 4 fully saturated rings. The molecule has 0 radical (unpaired) electrons. The smallest absolute Gasteiger partial charge is 0.407 e. The number of hydrogen-bond donors (Lipinski definition) is 2. The summed E-state index contributed by atoms with van der Waals surface area (Å²) < 4.78 is 5.67. The van der Waals surface area contributed by atoms with E-state index in [1.807, 2.05) is 24.3 Å². The average Bonchev–Trinajstić information content (AvgIpc) is 3.63. The van der Waals surface area contributed by atoms with Crippen molar-refractivity contribution in [3.8, 4) is 11.1 Å². The minimum Gasteiger partial charge on any atom is -0.481 e. The molecule has 2 N–H and O–H groups in total. The van der Waals surface area contributed by atoms with Crippen LogP contribution in [0.1, 0.15) is 49.1 Å². The van der Waals surface area contributed by atoms with Gasteiger partial charge in [-0.3, -0.25) is 9.59 Å². The van der Waals surface area contributed by atoms with Crippen molar-refractivity contribution in [2.45, 2.75) is 44.1 Å². The van der Waals surface area contributed by atoms with E-state index in [1.165, 1.54) is 11.1 Å². The molecule has 3 atom stereocenters. The minimum absolute atomic E-state index is 0.00481. The summed E-state index contributed by atoms with van der Waals surface area (Å²) in [7, 11) is 0. The molecule has 2 heterocycles. The highest BCUT2D eigenvalue weighted by molar-refractivity contribution is 5.87. The number of alkyl carbamates (subject to hydrolysis) is 1. The summed E-state index contributed by atoms with van der Waals surface area (Å²) in [5, 5.41) is 12.4. The molecule has 5 aliphatic rings. The van der Waals surface area contributed by atoms with E-state index in [1.54, 1.807) is 4.90 Å². The Bertz CT molecular complexity index is 1140. The van der Waals surface area contributed by atoms with E-state index in [0.717, 1.165) is 30.4 Å². The Morgan fingerprint density at radius 3 is 2.23 bits per heavy atom. The lowest BCUT2D eigenvalue weighted by molar-refractivity contribution is -0.150. The van der Waals surface area contributed by atoms with Gasteiger partial charge in [-0.2, -0.15) is 0 Å². The lowest BCUT2D eigenvalue weighted by atomic mass is 9.73. The molecule has 2 aromatic rings. The van der Waals surface area contributed by atoms with Crippen molar-refractivity contribution < 1.29 is 24.2 Å². The largest absolute Gasteiger partial charge is 0.481 e. The number of nitrogens with zero attached hydrogens (tertiary/aromatic N) is 1. The fourth-order valence-electron chi connectivity index (χ4n) is 6.93. The third-order valence-corrected chi connectivity index (χ3v) is 8.77. The van der Waals surface area contributed by atoms with Crippen LogP contribution in [0.3, 0.4) is 0 Å². The molecule has 2 amide bonds. The van der Waals surface area contributed by atoms with Gasteiger partial charge in [-0.05, 0) is 47.4 Å². The maximum Gasteiger partial charge on any atom is 0.407 e. The van der Waals surface area contributed by atoms with E-state index in [4.69, 9.17) is 4.74 Å². The zero-order valence-electron chi connectivity index (χ0n) is 19.6. The van der Waals surface area contributed by atoms with Crippen molar-refractivity contribution in [3.05, 3.63) is 59.7 Å². The Morgan fingerprint density at radius 2 is 1.63 bits per heavy atom. The van der Waals surface area contributed by atoms with Crippen LogP contribution in [0.5, 0.6) is 0 Å². The Kier molecular flexibility index (Phi) is 5.31. The molecule has 35 heavy (non-hydrogen) atoms. The third kappa shape index (κ3) is 3.51. The maximum absolute atomic E-state index is 13.6. The molecule has 2 aromatic carbocycles. The van der Waals surface area contributed by atoms with E-state index >= 15 is 0 Å². The lowest BCUT2D eigenvalue weighted by Crippen LogP contribution is -2.52. The Hall–Kier alpha value is -3.35. The molecule has 7 nitrogen and oxygen atoms in total. The number of hydrogen-bond acceptors (Lipinski definition) is 4. The molecule has 2 aliphatic heterocycles. The van der Waals surface area contributed by atoms with Crippen molar-refractivity contribution in [1.82, 2.24) is 10.2 Å². The predicted molar refractivity (Wildman–Crippen MR) is 129 cm³/mol. The Balaban J connectivity index is 1.10. The first-order valence-electron chi connectivity index (χ1n) is 12.6. The highest BCUT2D eigenvalue weighted by atomic mass is 16.5. The van der Waals surface area contributed by atoms with Gasteiger partial charge in [0.1, 0.15) is 6.61 Å². The van der Waals surface area contributed by atoms with Crippen molar-refractivity contribution in [1.29, 1.82) is 0 Å². The van der Waals surface area contributed by atoms with E-state index < -0.39 is 23.4 Å². The van der Waals surface area contributed by atoms with Crippen LogP contribution in [-0.2, 0) is 14.3 Å². The molecule has 7 heteroatoms. The van der Waals surface area contributed by atoms with E-state index in [0.29, 0.717) is 19.4 Å². The van der Waals surface area contributed by atoms with E-state index in [-0.39, 0.29) is 36.9 Å². The van der Waals surface area contributed by atoms with Crippen LogP contribution in [0, 0.1) is 17.3 Å².